The van der Waals surface area contributed by atoms with Crippen LogP contribution in [0.3, 0.4) is 0 Å². The molecule has 0 aromatic carbocycles. The highest BCUT2D eigenvalue weighted by molar-refractivity contribution is 5.79. The number of Topliss-reactive ketones (excluding diaryl/α,β-unsaturated/α-hetero) is 1. The number of esters is 6. The van der Waals surface area contributed by atoms with Crippen LogP contribution in [-0.2, 0) is 114 Å². The van der Waals surface area contributed by atoms with Gasteiger partial charge in [0.1, 0.15) is 43.4 Å². The van der Waals surface area contributed by atoms with E-state index in [0.29, 0.717) is 77.5 Å². The molecule has 2 aliphatic heterocycles. The summed E-state index contributed by atoms with van der Waals surface area (Å²) >= 11 is 0. The molecular weight excluding hydrogens is 1220 g/mol. The third kappa shape index (κ3) is 39.8. The molecule has 5 N–H and O–H groups in total. The summed E-state index contributed by atoms with van der Waals surface area (Å²) in [6.07, 6.45) is 3.77. The minimum absolute atomic E-state index is 0.0586. The molecule has 2 fully saturated rings. The van der Waals surface area contributed by atoms with Crippen molar-refractivity contribution in [1.82, 2.24) is 21.3 Å². The first-order valence-electron chi connectivity index (χ1n) is 32.8. The first kappa shape index (κ1) is 82.7. The molecule has 0 bridgehead atoms. The molecule has 0 aromatic rings. The number of carbonyl (C=O) groups excluding carboxylic acids is 11. The van der Waals surface area contributed by atoms with Gasteiger partial charge < -0.3 is 83.2 Å². The Labute approximate surface area is 546 Å². The van der Waals surface area contributed by atoms with Gasteiger partial charge in [-0.3, -0.25) is 57.5 Å². The van der Waals surface area contributed by atoms with E-state index in [2.05, 4.69) is 21.3 Å². The number of carboxylic acid groups (broad SMARTS) is 1. The van der Waals surface area contributed by atoms with Crippen LogP contribution in [0.2, 0.25) is 0 Å². The van der Waals surface area contributed by atoms with Crippen LogP contribution >= 0.6 is 0 Å². The van der Waals surface area contributed by atoms with Crippen molar-refractivity contribution in [3.05, 3.63) is 0 Å². The highest BCUT2D eigenvalue weighted by Gasteiger charge is 2.50. The van der Waals surface area contributed by atoms with Crippen LogP contribution in [-0.4, -0.2) is 205 Å². The van der Waals surface area contributed by atoms with E-state index in [0.717, 1.165) is 44.9 Å². The lowest BCUT2D eigenvalue weighted by Gasteiger charge is -2.43. The highest BCUT2D eigenvalue weighted by atomic mass is 16.7. The first-order chi connectivity index (χ1) is 44.4. The monoisotopic (exact) mass is 1330 g/mol. The number of aliphatic carboxylic acids is 1. The number of carboxylic acids is 1. The average Bonchev–Trinajstić information content (AvgIpc) is 0.825. The highest BCUT2D eigenvalue weighted by Crippen LogP contribution is 2.33. The summed E-state index contributed by atoms with van der Waals surface area (Å²) in [4.78, 5) is 145. The van der Waals surface area contributed by atoms with Crippen molar-refractivity contribution in [2.24, 2.45) is 17.8 Å². The summed E-state index contributed by atoms with van der Waals surface area (Å²) < 4.78 is 67.7. The number of carbonyl (C=O) groups is 12. The van der Waals surface area contributed by atoms with E-state index in [1.807, 2.05) is 0 Å². The van der Waals surface area contributed by atoms with Gasteiger partial charge in [-0.1, -0.05) is 52.4 Å². The maximum atomic E-state index is 13.1. The fourth-order valence-electron chi connectivity index (χ4n) is 10.2. The second kappa shape index (κ2) is 49.2. The Bertz CT molecular complexity index is 2160. The summed E-state index contributed by atoms with van der Waals surface area (Å²) in [5, 5.41) is 20.1. The molecule has 29 heteroatoms. The molecule has 93 heavy (non-hydrogen) atoms. The maximum absolute atomic E-state index is 13.1. The second-order valence-electron chi connectivity index (χ2n) is 23.4. The van der Waals surface area contributed by atoms with Gasteiger partial charge in [0.15, 0.2) is 24.8 Å². The van der Waals surface area contributed by atoms with Crippen molar-refractivity contribution in [3.63, 3.8) is 0 Å². The van der Waals surface area contributed by atoms with Gasteiger partial charge in [-0.05, 0) is 51.4 Å². The third-order valence-corrected chi connectivity index (χ3v) is 14.9. The van der Waals surface area contributed by atoms with E-state index >= 15 is 0 Å². The Kier molecular flexibility index (Phi) is 43.7. The number of nitrogens with one attached hydrogen (secondary N) is 4. The Morgan fingerprint density at radius 1 is 0.387 bits per heavy atom. The molecule has 2 heterocycles. The lowest BCUT2D eigenvalue weighted by Crippen LogP contribution is -2.58. The number of amides is 4. The number of hydrogen-bond acceptors (Lipinski definition) is 24. The SMILES string of the molecule is CC(=O)OC[C@H]1O[C@@H](OCCCCC(=O)NCCCNC(=O)CCOCC(COCCC(=O)NCCCNC(=O)CCCCO[C@@H]2O[C@H](COC(C)=O)[C@H](OC(C)=O)[C@H](OC(C)=O)[C@H]2C)CC(=O)CCCCCCCCCCC(=O)O)[C@H](C)[C@@H](OC(C)=O)[C@H]1OC(C)=O. The molecule has 4 amide bonds. The maximum Gasteiger partial charge on any atom is 0.303 e. The summed E-state index contributed by atoms with van der Waals surface area (Å²) in [6, 6.07) is 0. The molecule has 0 aromatic heterocycles. The Hall–Kier alpha value is -6.40. The Morgan fingerprint density at radius 3 is 1.08 bits per heavy atom. The lowest BCUT2D eigenvalue weighted by atomic mass is 9.92. The molecule has 0 spiro atoms. The van der Waals surface area contributed by atoms with Crippen LogP contribution in [0.25, 0.3) is 0 Å². The second-order valence-corrected chi connectivity index (χ2v) is 23.4. The minimum Gasteiger partial charge on any atom is -0.481 e. The number of unbranched alkanes of at least 4 members (excludes halogenated alkanes) is 9. The van der Waals surface area contributed by atoms with Gasteiger partial charge in [0.2, 0.25) is 23.6 Å². The molecule has 0 saturated carbocycles. The molecule has 10 atom stereocenters. The van der Waals surface area contributed by atoms with Gasteiger partial charge in [0, 0.05) is 144 Å². The van der Waals surface area contributed by atoms with Crippen LogP contribution in [0.1, 0.15) is 190 Å². The van der Waals surface area contributed by atoms with E-state index < -0.39 is 103 Å². The molecule has 2 saturated heterocycles. The topological polar surface area (TPSA) is 384 Å². The number of ketones is 1. The lowest BCUT2D eigenvalue weighted by molar-refractivity contribution is -0.288. The van der Waals surface area contributed by atoms with E-state index in [4.69, 9.17) is 61.9 Å². The number of hydrogen-bond donors (Lipinski definition) is 5. The van der Waals surface area contributed by atoms with Gasteiger partial charge in [0.25, 0.3) is 0 Å². The van der Waals surface area contributed by atoms with E-state index in [1.54, 1.807) is 13.8 Å². The first-order valence-corrected chi connectivity index (χ1v) is 32.8. The molecule has 0 unspecified atom stereocenters. The van der Waals surface area contributed by atoms with Crippen LogP contribution in [0, 0.1) is 17.8 Å². The molecule has 2 aliphatic rings. The largest absolute Gasteiger partial charge is 0.481 e. The summed E-state index contributed by atoms with van der Waals surface area (Å²) in [7, 11) is 0. The van der Waals surface area contributed by atoms with Crippen molar-refractivity contribution in [2.45, 2.75) is 239 Å². The van der Waals surface area contributed by atoms with Gasteiger partial charge in [0.05, 0.1) is 26.4 Å². The van der Waals surface area contributed by atoms with Gasteiger partial charge >= 0.3 is 41.8 Å². The predicted molar refractivity (Wildman–Crippen MR) is 330 cm³/mol. The van der Waals surface area contributed by atoms with Crippen LogP contribution < -0.4 is 21.3 Å². The summed E-state index contributed by atoms with van der Waals surface area (Å²) in [5.74, 6) is -6.66. The summed E-state index contributed by atoms with van der Waals surface area (Å²) in [5.41, 5.74) is 0. The number of ether oxygens (including phenoxy) is 12. The number of rotatable bonds is 51. The molecule has 0 aliphatic carbocycles. The van der Waals surface area contributed by atoms with Crippen molar-refractivity contribution in [3.8, 4) is 0 Å². The van der Waals surface area contributed by atoms with Crippen LogP contribution in [0.5, 0.6) is 0 Å². The van der Waals surface area contributed by atoms with E-state index in [1.165, 1.54) is 41.5 Å². The standard InChI is InChI=1S/C64H106N4O25/c1-42-59(88-46(5)71)61(90-48(7)73)52(40-86-44(3)69)92-63(42)84-33-19-17-24-54(76)65-29-21-31-67-56(78)27-35-82-38-50(37-51(75)23-15-13-11-9-10-12-14-16-26-58(80)81)39-83-36-28-57(79)68-32-22-30-66-55(77)25-18-20-34-85-64-43(2)60(89-47(6)72)62(91-49(8)74)53(93-64)41-87-45(4)70/h42-43,50,52-53,59-64H,9-41H2,1-8H3,(H,65,76)(H,66,77)(H,67,78)(H,68,79)(H,80,81)/t42-,43-,52-,53-,59-,60-,61+,62+,63-,64-/m1/s1. The van der Waals surface area contributed by atoms with Gasteiger partial charge in [-0.25, -0.2) is 0 Å². The van der Waals surface area contributed by atoms with E-state index in [-0.39, 0.29) is 127 Å². The molecular formula is C64H106N4O25. The molecule has 532 valence electrons. The zero-order valence-electron chi connectivity index (χ0n) is 55.9. The molecule has 0 radical (unpaired) electrons. The van der Waals surface area contributed by atoms with Gasteiger partial charge in [-0.2, -0.15) is 0 Å². The Morgan fingerprint density at radius 2 is 0.720 bits per heavy atom. The minimum atomic E-state index is -1.04. The zero-order valence-corrected chi connectivity index (χ0v) is 55.9. The molecule has 29 nitrogen and oxygen atoms in total. The van der Waals surface area contributed by atoms with Crippen LogP contribution in [0.4, 0.5) is 0 Å². The Balaban J connectivity index is 1.71. The quantitative estimate of drug-likeness (QED) is 0.0317. The smallest absolute Gasteiger partial charge is 0.303 e. The fraction of sp³-hybridized carbons (Fsp3) is 0.812. The van der Waals surface area contributed by atoms with Crippen molar-refractivity contribution >= 4 is 71.2 Å². The van der Waals surface area contributed by atoms with Gasteiger partial charge in [-0.15, -0.1) is 0 Å². The summed E-state index contributed by atoms with van der Waals surface area (Å²) in [6.45, 7) is 12.4. The van der Waals surface area contributed by atoms with Crippen molar-refractivity contribution in [1.29, 1.82) is 0 Å². The predicted octanol–water partition coefficient (Wildman–Crippen LogP) is 4.55. The zero-order chi connectivity index (χ0) is 68.9. The van der Waals surface area contributed by atoms with E-state index in [9.17, 15) is 57.5 Å². The van der Waals surface area contributed by atoms with Crippen molar-refractivity contribution in [2.75, 3.05) is 79.0 Å². The average molecular weight is 1330 g/mol. The normalized spacial score (nSPS) is 21.2. The molecule has 2 rings (SSSR count). The fourth-order valence-corrected chi connectivity index (χ4v) is 10.2. The van der Waals surface area contributed by atoms with Crippen molar-refractivity contribution < 1.29 is 119 Å². The third-order valence-electron chi connectivity index (χ3n) is 14.9. The van der Waals surface area contributed by atoms with Crippen LogP contribution in [0.15, 0.2) is 0 Å².